The number of nitrogens with two attached hydrogens (primary N) is 1. The van der Waals surface area contributed by atoms with Gasteiger partial charge < -0.3 is 15.8 Å². The van der Waals surface area contributed by atoms with E-state index in [2.05, 4.69) is 5.32 Å². The van der Waals surface area contributed by atoms with Gasteiger partial charge in [0.1, 0.15) is 6.61 Å². The SMILES string of the molecule is CNC(=O)c1ccc(OCC2(N)CCCC2)c([N+](=O)[O-])c1. The monoisotopic (exact) mass is 293 g/mol. The summed E-state index contributed by atoms with van der Waals surface area (Å²) in [5, 5.41) is 13.6. The Hall–Kier alpha value is -2.15. The minimum absolute atomic E-state index is 0.143. The van der Waals surface area contributed by atoms with Crippen LogP contribution in [0, 0.1) is 10.1 Å². The second-order valence-corrected chi connectivity index (χ2v) is 5.38. The molecule has 0 saturated heterocycles. The van der Waals surface area contributed by atoms with Gasteiger partial charge in [-0.25, -0.2) is 0 Å². The molecule has 1 amide bonds. The number of hydrogen-bond donors (Lipinski definition) is 2. The van der Waals surface area contributed by atoms with Crippen molar-refractivity contribution in [3.63, 3.8) is 0 Å². The summed E-state index contributed by atoms with van der Waals surface area (Å²) in [4.78, 5) is 22.1. The van der Waals surface area contributed by atoms with Crippen LogP contribution in [0.25, 0.3) is 0 Å². The molecule has 1 aliphatic rings. The summed E-state index contributed by atoms with van der Waals surface area (Å²) in [5.74, 6) is -0.236. The van der Waals surface area contributed by atoms with Crippen LogP contribution in [-0.4, -0.2) is 30.0 Å². The molecule has 1 aromatic carbocycles. The Labute approximate surface area is 122 Å². The van der Waals surface area contributed by atoms with Crippen molar-refractivity contribution in [3.05, 3.63) is 33.9 Å². The van der Waals surface area contributed by atoms with E-state index in [0.29, 0.717) is 0 Å². The van der Waals surface area contributed by atoms with Gasteiger partial charge in [0.2, 0.25) is 0 Å². The standard InChI is InChI=1S/C14H19N3O4/c1-16-13(18)10-4-5-12(11(8-10)17(19)20)21-9-14(15)6-2-3-7-14/h4-5,8H,2-3,6-7,9,15H2,1H3,(H,16,18). The largest absolute Gasteiger partial charge is 0.485 e. The quantitative estimate of drug-likeness (QED) is 0.633. The summed E-state index contributed by atoms with van der Waals surface area (Å²) < 4.78 is 5.56. The molecule has 7 nitrogen and oxygen atoms in total. The first kappa shape index (κ1) is 15.2. The fourth-order valence-corrected chi connectivity index (χ4v) is 2.51. The van der Waals surface area contributed by atoms with Gasteiger partial charge in [-0.15, -0.1) is 0 Å². The van der Waals surface area contributed by atoms with Crippen molar-refractivity contribution in [3.8, 4) is 5.75 Å². The third-order valence-corrected chi connectivity index (χ3v) is 3.76. The molecule has 1 aliphatic carbocycles. The van der Waals surface area contributed by atoms with E-state index in [1.165, 1.54) is 25.2 Å². The Kier molecular flexibility index (Phi) is 4.42. The Morgan fingerprint density at radius 1 is 1.48 bits per heavy atom. The maximum absolute atomic E-state index is 11.5. The predicted molar refractivity (Wildman–Crippen MR) is 77.4 cm³/mol. The van der Waals surface area contributed by atoms with Crippen LogP contribution in [0.15, 0.2) is 18.2 Å². The number of nitro groups is 1. The van der Waals surface area contributed by atoms with Crippen LogP contribution < -0.4 is 15.8 Å². The zero-order valence-electron chi connectivity index (χ0n) is 11.9. The topological polar surface area (TPSA) is 107 Å². The number of nitrogens with zero attached hydrogens (tertiary/aromatic N) is 1. The van der Waals surface area contributed by atoms with E-state index in [1.54, 1.807) is 0 Å². The van der Waals surface area contributed by atoms with Crippen LogP contribution in [0.5, 0.6) is 5.75 Å². The normalized spacial score (nSPS) is 16.5. The zero-order chi connectivity index (χ0) is 15.5. The third kappa shape index (κ3) is 3.49. The van der Waals surface area contributed by atoms with E-state index in [-0.39, 0.29) is 29.5 Å². The van der Waals surface area contributed by atoms with Crippen LogP contribution in [0.3, 0.4) is 0 Å². The van der Waals surface area contributed by atoms with Crippen molar-refractivity contribution in [2.75, 3.05) is 13.7 Å². The van der Waals surface area contributed by atoms with Gasteiger partial charge in [0.15, 0.2) is 5.75 Å². The molecule has 0 aromatic heterocycles. The molecule has 0 aliphatic heterocycles. The van der Waals surface area contributed by atoms with Crippen LogP contribution in [0.2, 0.25) is 0 Å². The molecule has 3 N–H and O–H groups in total. The first-order valence-electron chi connectivity index (χ1n) is 6.87. The maximum Gasteiger partial charge on any atom is 0.311 e. The smallest absolute Gasteiger partial charge is 0.311 e. The summed E-state index contributed by atoms with van der Waals surface area (Å²) in [6.45, 7) is 0.243. The molecule has 2 rings (SSSR count). The Bertz CT molecular complexity index is 553. The van der Waals surface area contributed by atoms with Crippen molar-refractivity contribution in [1.82, 2.24) is 5.32 Å². The molecule has 0 bridgehead atoms. The minimum Gasteiger partial charge on any atom is -0.485 e. The highest BCUT2D eigenvalue weighted by Crippen LogP contribution is 2.32. The van der Waals surface area contributed by atoms with Gasteiger partial charge in [-0.1, -0.05) is 12.8 Å². The van der Waals surface area contributed by atoms with Gasteiger partial charge in [0, 0.05) is 18.7 Å². The van der Waals surface area contributed by atoms with E-state index < -0.39 is 10.5 Å². The second kappa shape index (κ2) is 6.09. The van der Waals surface area contributed by atoms with Crippen LogP contribution in [0.1, 0.15) is 36.0 Å². The average Bonchev–Trinajstić information content (AvgIpc) is 2.91. The molecule has 7 heteroatoms. The molecule has 0 unspecified atom stereocenters. The highest BCUT2D eigenvalue weighted by atomic mass is 16.6. The molecule has 0 heterocycles. The van der Waals surface area contributed by atoms with E-state index in [1.807, 2.05) is 0 Å². The number of ether oxygens (including phenoxy) is 1. The maximum atomic E-state index is 11.5. The Morgan fingerprint density at radius 3 is 2.71 bits per heavy atom. The van der Waals surface area contributed by atoms with E-state index >= 15 is 0 Å². The lowest BCUT2D eigenvalue weighted by molar-refractivity contribution is -0.385. The van der Waals surface area contributed by atoms with Crippen LogP contribution >= 0.6 is 0 Å². The molecule has 21 heavy (non-hydrogen) atoms. The van der Waals surface area contributed by atoms with Crippen molar-refractivity contribution in [2.24, 2.45) is 5.73 Å². The summed E-state index contributed by atoms with van der Waals surface area (Å²) in [6.07, 6.45) is 3.82. The zero-order valence-corrected chi connectivity index (χ0v) is 11.9. The highest BCUT2D eigenvalue weighted by Gasteiger charge is 2.31. The van der Waals surface area contributed by atoms with Crippen LogP contribution in [-0.2, 0) is 0 Å². The summed E-state index contributed by atoms with van der Waals surface area (Å²) in [6, 6.07) is 4.16. The molecule has 0 radical (unpaired) electrons. The number of hydrogen-bond acceptors (Lipinski definition) is 5. The minimum atomic E-state index is -0.556. The predicted octanol–water partition coefficient (Wildman–Crippen LogP) is 1.60. The first-order valence-corrected chi connectivity index (χ1v) is 6.87. The number of benzene rings is 1. The number of carbonyl (C=O) groups is 1. The lowest BCUT2D eigenvalue weighted by Crippen LogP contribution is -2.42. The van der Waals surface area contributed by atoms with E-state index in [9.17, 15) is 14.9 Å². The summed E-state index contributed by atoms with van der Waals surface area (Å²) in [7, 11) is 1.47. The van der Waals surface area contributed by atoms with Crippen molar-refractivity contribution >= 4 is 11.6 Å². The number of amides is 1. The molecule has 1 aromatic rings. The third-order valence-electron chi connectivity index (χ3n) is 3.76. The summed E-state index contributed by atoms with van der Waals surface area (Å²) >= 11 is 0. The molecule has 0 spiro atoms. The molecular weight excluding hydrogens is 274 g/mol. The first-order chi connectivity index (χ1) is 9.95. The van der Waals surface area contributed by atoms with Crippen molar-refractivity contribution in [2.45, 2.75) is 31.2 Å². The van der Waals surface area contributed by atoms with E-state index in [4.69, 9.17) is 10.5 Å². The number of nitrogens with one attached hydrogen (secondary N) is 1. The second-order valence-electron chi connectivity index (χ2n) is 5.38. The molecule has 114 valence electrons. The fourth-order valence-electron chi connectivity index (χ4n) is 2.51. The van der Waals surface area contributed by atoms with Gasteiger partial charge in [-0.05, 0) is 25.0 Å². The van der Waals surface area contributed by atoms with Crippen molar-refractivity contribution < 1.29 is 14.5 Å². The summed E-state index contributed by atoms with van der Waals surface area (Å²) in [5.41, 5.74) is 5.76. The van der Waals surface area contributed by atoms with Gasteiger partial charge >= 0.3 is 5.69 Å². The van der Waals surface area contributed by atoms with Gasteiger partial charge in [-0.2, -0.15) is 0 Å². The number of carbonyl (C=O) groups excluding carboxylic acids is 1. The van der Waals surface area contributed by atoms with Gasteiger partial charge in [-0.3, -0.25) is 14.9 Å². The van der Waals surface area contributed by atoms with Crippen LogP contribution in [0.4, 0.5) is 5.69 Å². The molecule has 1 fully saturated rings. The van der Waals surface area contributed by atoms with Gasteiger partial charge in [0.25, 0.3) is 5.91 Å². The number of rotatable bonds is 5. The average molecular weight is 293 g/mol. The molecule has 0 atom stereocenters. The molecule has 1 saturated carbocycles. The van der Waals surface area contributed by atoms with Gasteiger partial charge in [0.05, 0.1) is 10.5 Å². The molecular formula is C14H19N3O4. The van der Waals surface area contributed by atoms with E-state index in [0.717, 1.165) is 25.7 Å². The highest BCUT2D eigenvalue weighted by molar-refractivity contribution is 5.94. The lowest BCUT2D eigenvalue weighted by Gasteiger charge is -2.23. The van der Waals surface area contributed by atoms with Crippen molar-refractivity contribution in [1.29, 1.82) is 0 Å². The fraction of sp³-hybridized carbons (Fsp3) is 0.500. The lowest BCUT2D eigenvalue weighted by atomic mass is 10.0. The Morgan fingerprint density at radius 2 is 2.14 bits per heavy atom. The Balaban J connectivity index is 2.18. The number of nitro benzene ring substituents is 1.